The quantitative estimate of drug-likeness (QED) is 0.780. The molecule has 1 aromatic carbocycles. The van der Waals surface area contributed by atoms with Gasteiger partial charge in [-0.2, -0.15) is 0 Å². The summed E-state index contributed by atoms with van der Waals surface area (Å²) < 4.78 is 18.9. The van der Waals surface area contributed by atoms with Crippen LogP contribution in [0.15, 0.2) is 16.6 Å². The van der Waals surface area contributed by atoms with Crippen LogP contribution in [-0.2, 0) is 4.74 Å². The molecular weight excluding hydrogens is 291 g/mol. The van der Waals surface area contributed by atoms with Gasteiger partial charge in [-0.3, -0.25) is 5.32 Å². The Morgan fingerprint density at radius 1 is 1.47 bits per heavy atom. The average Bonchev–Trinajstić information content (AvgIpc) is 2.08. The van der Waals surface area contributed by atoms with Gasteiger partial charge in [-0.25, -0.2) is 9.18 Å². The van der Waals surface area contributed by atoms with Gasteiger partial charge >= 0.3 is 6.09 Å². The number of benzene rings is 1. The van der Waals surface area contributed by atoms with E-state index in [4.69, 9.17) is 10.5 Å². The van der Waals surface area contributed by atoms with Crippen molar-refractivity contribution in [2.24, 2.45) is 0 Å². The number of hydrogen-bond donors (Lipinski definition) is 2. The van der Waals surface area contributed by atoms with Crippen molar-refractivity contribution < 1.29 is 13.9 Å². The first-order valence-electron chi connectivity index (χ1n) is 4.93. The van der Waals surface area contributed by atoms with Crippen molar-refractivity contribution in [1.82, 2.24) is 0 Å². The highest BCUT2D eigenvalue weighted by Gasteiger charge is 2.18. The molecule has 0 aliphatic heterocycles. The molecule has 0 unspecified atom stereocenters. The molecule has 0 heterocycles. The van der Waals surface area contributed by atoms with Gasteiger partial charge in [0, 0.05) is 10.2 Å². The van der Waals surface area contributed by atoms with Crippen molar-refractivity contribution in [3.8, 4) is 0 Å². The van der Waals surface area contributed by atoms with Crippen molar-refractivity contribution in [1.29, 1.82) is 0 Å². The molecule has 0 saturated carbocycles. The van der Waals surface area contributed by atoms with Gasteiger partial charge in [0.1, 0.15) is 11.4 Å². The number of carbonyl (C=O) groups is 1. The van der Waals surface area contributed by atoms with Crippen LogP contribution >= 0.6 is 15.9 Å². The van der Waals surface area contributed by atoms with Gasteiger partial charge in [-0.15, -0.1) is 0 Å². The molecule has 0 spiro atoms. The Labute approximate surface area is 107 Å². The lowest BCUT2D eigenvalue weighted by Gasteiger charge is -2.20. The first-order chi connectivity index (χ1) is 7.69. The van der Waals surface area contributed by atoms with E-state index < -0.39 is 17.5 Å². The molecule has 1 amide bonds. The number of rotatable bonds is 1. The molecule has 1 rings (SSSR count). The zero-order chi connectivity index (χ0) is 13.2. The Balaban J connectivity index is 2.86. The van der Waals surface area contributed by atoms with Crippen LogP contribution in [-0.4, -0.2) is 11.7 Å². The molecule has 1 aromatic rings. The van der Waals surface area contributed by atoms with Gasteiger partial charge in [-0.05, 0) is 48.8 Å². The fourth-order valence-electron chi connectivity index (χ4n) is 1.12. The van der Waals surface area contributed by atoms with Crippen LogP contribution in [0.4, 0.5) is 20.6 Å². The van der Waals surface area contributed by atoms with E-state index in [1.807, 2.05) is 0 Å². The molecule has 0 bridgehead atoms. The van der Waals surface area contributed by atoms with E-state index in [2.05, 4.69) is 21.2 Å². The SMILES string of the molecule is CC(C)(C)OC(=O)Nc1c(F)cc(N)cc1Br. The number of nitrogen functional groups attached to an aromatic ring is 1. The van der Waals surface area contributed by atoms with Crippen LogP contribution < -0.4 is 11.1 Å². The fraction of sp³-hybridized carbons (Fsp3) is 0.364. The van der Waals surface area contributed by atoms with Gasteiger partial charge in [0.2, 0.25) is 0 Å². The summed E-state index contributed by atoms with van der Waals surface area (Å²) in [5, 5.41) is 2.32. The van der Waals surface area contributed by atoms with E-state index in [1.54, 1.807) is 20.8 Å². The van der Waals surface area contributed by atoms with Crippen molar-refractivity contribution in [3.05, 3.63) is 22.4 Å². The molecule has 0 aliphatic carbocycles. The average molecular weight is 305 g/mol. The van der Waals surface area contributed by atoms with E-state index in [1.165, 1.54) is 6.07 Å². The molecule has 0 fully saturated rings. The maximum Gasteiger partial charge on any atom is 0.412 e. The molecule has 3 N–H and O–H groups in total. The van der Waals surface area contributed by atoms with E-state index in [0.717, 1.165) is 6.07 Å². The summed E-state index contributed by atoms with van der Waals surface area (Å²) in [6, 6.07) is 2.62. The summed E-state index contributed by atoms with van der Waals surface area (Å²) in [7, 11) is 0. The topological polar surface area (TPSA) is 64.3 Å². The Morgan fingerprint density at radius 2 is 2.06 bits per heavy atom. The van der Waals surface area contributed by atoms with Gasteiger partial charge in [0.25, 0.3) is 0 Å². The molecule has 0 radical (unpaired) electrons. The third-order valence-corrected chi connectivity index (χ3v) is 2.32. The Bertz CT molecular complexity index is 421. The number of nitrogens with two attached hydrogens (primary N) is 1. The highest BCUT2D eigenvalue weighted by molar-refractivity contribution is 9.10. The number of hydrogen-bond acceptors (Lipinski definition) is 3. The first-order valence-corrected chi connectivity index (χ1v) is 5.73. The molecule has 0 aliphatic rings. The summed E-state index contributed by atoms with van der Waals surface area (Å²) in [6.07, 6.45) is -0.720. The van der Waals surface area contributed by atoms with Crippen LogP contribution in [0, 0.1) is 5.82 Å². The van der Waals surface area contributed by atoms with Crippen molar-refractivity contribution >= 4 is 33.4 Å². The number of nitrogens with one attached hydrogen (secondary N) is 1. The summed E-state index contributed by atoms with van der Waals surface area (Å²) in [4.78, 5) is 11.5. The zero-order valence-electron chi connectivity index (χ0n) is 9.80. The smallest absolute Gasteiger partial charge is 0.412 e. The van der Waals surface area contributed by atoms with E-state index >= 15 is 0 Å². The maximum atomic E-state index is 13.5. The predicted octanol–water partition coefficient (Wildman–Crippen LogP) is 3.52. The van der Waals surface area contributed by atoms with E-state index in [9.17, 15) is 9.18 Å². The Morgan fingerprint density at radius 3 is 2.53 bits per heavy atom. The minimum absolute atomic E-state index is 0.00782. The largest absolute Gasteiger partial charge is 0.444 e. The third-order valence-electron chi connectivity index (χ3n) is 1.69. The van der Waals surface area contributed by atoms with Crippen LogP contribution in [0.2, 0.25) is 0 Å². The zero-order valence-corrected chi connectivity index (χ0v) is 11.4. The lowest BCUT2D eigenvalue weighted by atomic mass is 10.2. The minimum atomic E-state index is -0.720. The molecule has 0 saturated heterocycles. The summed E-state index contributed by atoms with van der Waals surface area (Å²) in [5.41, 5.74) is 5.08. The molecule has 94 valence electrons. The monoisotopic (exact) mass is 304 g/mol. The van der Waals surface area contributed by atoms with Crippen molar-refractivity contribution in [2.45, 2.75) is 26.4 Å². The van der Waals surface area contributed by atoms with Crippen molar-refractivity contribution in [2.75, 3.05) is 11.1 Å². The van der Waals surface area contributed by atoms with Gasteiger partial charge in [0.15, 0.2) is 0 Å². The van der Waals surface area contributed by atoms with Crippen LogP contribution in [0.1, 0.15) is 20.8 Å². The molecule has 4 nitrogen and oxygen atoms in total. The first kappa shape index (κ1) is 13.8. The second kappa shape index (κ2) is 4.91. The number of anilines is 2. The second-order valence-corrected chi connectivity index (χ2v) is 5.34. The normalized spacial score (nSPS) is 11.1. The van der Waals surface area contributed by atoms with Gasteiger partial charge in [0.05, 0.1) is 5.69 Å². The molecule has 0 aromatic heterocycles. The number of ether oxygens (including phenoxy) is 1. The molecular formula is C11H14BrFN2O2. The maximum absolute atomic E-state index is 13.5. The fourth-order valence-corrected chi connectivity index (χ4v) is 1.67. The number of amides is 1. The van der Waals surface area contributed by atoms with E-state index in [-0.39, 0.29) is 11.4 Å². The highest BCUT2D eigenvalue weighted by Crippen LogP contribution is 2.28. The molecule has 0 atom stereocenters. The summed E-state index contributed by atoms with van der Waals surface area (Å²) in [5.74, 6) is -0.622. The third kappa shape index (κ3) is 4.22. The number of carbonyl (C=O) groups excluding carboxylic acids is 1. The Kier molecular flexibility index (Phi) is 3.98. The highest BCUT2D eigenvalue weighted by atomic mass is 79.9. The van der Waals surface area contributed by atoms with Crippen LogP contribution in [0.25, 0.3) is 0 Å². The van der Waals surface area contributed by atoms with Crippen LogP contribution in [0.5, 0.6) is 0 Å². The Hall–Kier alpha value is -1.30. The van der Waals surface area contributed by atoms with Crippen molar-refractivity contribution in [3.63, 3.8) is 0 Å². The predicted molar refractivity (Wildman–Crippen MR) is 68.4 cm³/mol. The molecule has 17 heavy (non-hydrogen) atoms. The second-order valence-electron chi connectivity index (χ2n) is 4.49. The summed E-state index contributed by atoms with van der Waals surface area (Å²) >= 11 is 3.12. The molecule has 6 heteroatoms. The minimum Gasteiger partial charge on any atom is -0.444 e. The van der Waals surface area contributed by atoms with Crippen LogP contribution in [0.3, 0.4) is 0 Å². The summed E-state index contributed by atoms with van der Waals surface area (Å²) in [6.45, 7) is 5.17. The van der Waals surface area contributed by atoms with Gasteiger partial charge in [-0.1, -0.05) is 0 Å². The number of halogens is 2. The lowest BCUT2D eigenvalue weighted by molar-refractivity contribution is 0.0635. The van der Waals surface area contributed by atoms with E-state index in [0.29, 0.717) is 4.47 Å². The standard InChI is InChI=1S/C11H14BrFN2O2/c1-11(2,3)17-10(16)15-9-7(12)4-6(14)5-8(9)13/h4-5H,14H2,1-3H3,(H,15,16). The lowest BCUT2D eigenvalue weighted by Crippen LogP contribution is -2.27. The van der Waals surface area contributed by atoms with Gasteiger partial charge < -0.3 is 10.5 Å².